The van der Waals surface area contributed by atoms with Crippen LogP contribution in [0.25, 0.3) is 11.3 Å². The molecule has 19 heavy (non-hydrogen) atoms. The van der Waals surface area contributed by atoms with Crippen LogP contribution in [0.4, 0.5) is 0 Å². The van der Waals surface area contributed by atoms with Gasteiger partial charge in [0.25, 0.3) is 0 Å². The fraction of sp³-hybridized carbons (Fsp3) is 0.333. The normalized spacial score (nSPS) is 13.1. The van der Waals surface area contributed by atoms with Crippen LogP contribution >= 0.6 is 0 Å². The number of benzene rings is 1. The van der Waals surface area contributed by atoms with Gasteiger partial charge in [-0.3, -0.25) is 0 Å². The maximum Gasteiger partial charge on any atom is 0.129 e. The SMILES string of the molecule is OCCCc1nccc(-c2ccc3c(c2)CCO3)n1. The molecular formula is C15H16N2O2. The van der Waals surface area contributed by atoms with Gasteiger partial charge in [-0.25, -0.2) is 9.97 Å². The molecule has 0 saturated heterocycles. The summed E-state index contributed by atoms with van der Waals surface area (Å²) < 4.78 is 5.51. The van der Waals surface area contributed by atoms with Gasteiger partial charge < -0.3 is 9.84 Å². The lowest BCUT2D eigenvalue weighted by Gasteiger charge is -2.05. The molecule has 1 aromatic carbocycles. The largest absolute Gasteiger partial charge is 0.493 e. The molecule has 0 unspecified atom stereocenters. The van der Waals surface area contributed by atoms with E-state index in [9.17, 15) is 0 Å². The molecule has 0 fully saturated rings. The summed E-state index contributed by atoms with van der Waals surface area (Å²) in [6, 6.07) is 8.09. The average Bonchev–Trinajstić information content (AvgIpc) is 2.92. The molecule has 0 spiro atoms. The lowest BCUT2D eigenvalue weighted by molar-refractivity contribution is 0.287. The van der Waals surface area contributed by atoms with E-state index in [1.165, 1.54) is 5.56 Å². The first kappa shape index (κ1) is 12.1. The van der Waals surface area contributed by atoms with Gasteiger partial charge in [0.15, 0.2) is 0 Å². The van der Waals surface area contributed by atoms with Gasteiger partial charge in [0.1, 0.15) is 11.6 Å². The molecule has 1 aliphatic rings. The predicted octanol–water partition coefficient (Wildman–Crippen LogP) is 2.00. The van der Waals surface area contributed by atoms with E-state index in [0.717, 1.165) is 35.9 Å². The summed E-state index contributed by atoms with van der Waals surface area (Å²) in [7, 11) is 0. The molecule has 0 saturated carbocycles. The van der Waals surface area contributed by atoms with E-state index < -0.39 is 0 Å². The van der Waals surface area contributed by atoms with E-state index in [0.29, 0.717) is 12.8 Å². The molecule has 2 heterocycles. The molecule has 98 valence electrons. The molecule has 1 N–H and O–H groups in total. The maximum atomic E-state index is 8.85. The van der Waals surface area contributed by atoms with E-state index in [4.69, 9.17) is 9.84 Å². The van der Waals surface area contributed by atoms with Crippen LogP contribution in [0, 0.1) is 0 Å². The molecule has 4 nitrogen and oxygen atoms in total. The Labute approximate surface area is 112 Å². The second-order valence-corrected chi connectivity index (χ2v) is 4.61. The Bertz CT molecular complexity index is 584. The van der Waals surface area contributed by atoms with Gasteiger partial charge in [0.05, 0.1) is 12.3 Å². The number of hydrogen-bond donors (Lipinski definition) is 1. The summed E-state index contributed by atoms with van der Waals surface area (Å²) in [6.45, 7) is 0.939. The van der Waals surface area contributed by atoms with Gasteiger partial charge >= 0.3 is 0 Å². The minimum absolute atomic E-state index is 0.170. The maximum absolute atomic E-state index is 8.85. The van der Waals surface area contributed by atoms with Gasteiger partial charge in [-0.1, -0.05) is 0 Å². The molecular weight excluding hydrogens is 240 g/mol. The Morgan fingerprint density at radius 1 is 1.26 bits per heavy atom. The molecule has 1 aliphatic heterocycles. The fourth-order valence-electron chi connectivity index (χ4n) is 2.26. The number of aromatic nitrogens is 2. The highest BCUT2D eigenvalue weighted by molar-refractivity contribution is 5.62. The molecule has 0 radical (unpaired) electrons. The molecule has 0 atom stereocenters. The monoisotopic (exact) mass is 256 g/mol. The van der Waals surface area contributed by atoms with Crippen molar-refractivity contribution in [1.29, 1.82) is 0 Å². The van der Waals surface area contributed by atoms with E-state index >= 15 is 0 Å². The van der Waals surface area contributed by atoms with Crippen LogP contribution in [0.3, 0.4) is 0 Å². The van der Waals surface area contributed by atoms with Crippen LogP contribution in [0.5, 0.6) is 5.75 Å². The fourth-order valence-corrected chi connectivity index (χ4v) is 2.26. The van der Waals surface area contributed by atoms with Crippen molar-refractivity contribution in [2.24, 2.45) is 0 Å². The zero-order valence-corrected chi connectivity index (χ0v) is 10.7. The van der Waals surface area contributed by atoms with Crippen molar-refractivity contribution < 1.29 is 9.84 Å². The van der Waals surface area contributed by atoms with E-state index in [-0.39, 0.29) is 6.61 Å². The molecule has 3 rings (SSSR count). The predicted molar refractivity (Wildman–Crippen MR) is 72.1 cm³/mol. The topological polar surface area (TPSA) is 55.2 Å². The van der Waals surface area contributed by atoms with Crippen LogP contribution in [-0.4, -0.2) is 28.3 Å². The third-order valence-electron chi connectivity index (χ3n) is 3.25. The number of aliphatic hydroxyl groups excluding tert-OH is 1. The van der Waals surface area contributed by atoms with Gasteiger partial charge in [0, 0.05) is 31.2 Å². The highest BCUT2D eigenvalue weighted by Gasteiger charge is 2.13. The second-order valence-electron chi connectivity index (χ2n) is 4.61. The summed E-state index contributed by atoms with van der Waals surface area (Å²) in [4.78, 5) is 8.77. The quantitative estimate of drug-likeness (QED) is 0.909. The Morgan fingerprint density at radius 2 is 2.21 bits per heavy atom. The molecule has 0 amide bonds. The zero-order valence-electron chi connectivity index (χ0n) is 10.7. The van der Waals surface area contributed by atoms with Gasteiger partial charge in [0.2, 0.25) is 0 Å². The van der Waals surface area contributed by atoms with E-state index in [1.807, 2.05) is 18.2 Å². The minimum atomic E-state index is 0.170. The second kappa shape index (κ2) is 5.36. The first-order valence-electron chi connectivity index (χ1n) is 6.56. The third-order valence-corrected chi connectivity index (χ3v) is 3.25. The Kier molecular flexibility index (Phi) is 3.42. The highest BCUT2D eigenvalue weighted by Crippen LogP contribution is 2.29. The summed E-state index contributed by atoms with van der Waals surface area (Å²) in [6.07, 6.45) is 4.14. The Balaban J connectivity index is 1.89. The van der Waals surface area contributed by atoms with Crippen LogP contribution < -0.4 is 4.74 Å². The first-order valence-corrected chi connectivity index (χ1v) is 6.56. The third kappa shape index (κ3) is 2.58. The standard InChI is InChI=1S/C15H16N2O2/c18-8-1-2-15-16-7-5-13(17-15)11-3-4-14-12(10-11)6-9-19-14/h3-5,7,10,18H,1-2,6,8-9H2. The molecule has 2 aromatic rings. The molecule has 1 aromatic heterocycles. The smallest absolute Gasteiger partial charge is 0.129 e. The molecule has 0 bridgehead atoms. The van der Waals surface area contributed by atoms with Crippen molar-refractivity contribution in [1.82, 2.24) is 9.97 Å². The van der Waals surface area contributed by atoms with Crippen molar-refractivity contribution in [3.63, 3.8) is 0 Å². The van der Waals surface area contributed by atoms with E-state index in [2.05, 4.69) is 16.0 Å². The number of aliphatic hydroxyl groups is 1. The lowest BCUT2D eigenvalue weighted by atomic mass is 10.1. The first-order chi connectivity index (χ1) is 9.36. The van der Waals surface area contributed by atoms with Crippen LogP contribution in [0.1, 0.15) is 17.8 Å². The Morgan fingerprint density at radius 3 is 3.11 bits per heavy atom. The van der Waals surface area contributed by atoms with Crippen molar-refractivity contribution in [2.45, 2.75) is 19.3 Å². The Hall–Kier alpha value is -1.94. The number of aryl methyl sites for hydroxylation is 1. The minimum Gasteiger partial charge on any atom is -0.493 e. The van der Waals surface area contributed by atoms with Crippen LogP contribution in [0.2, 0.25) is 0 Å². The van der Waals surface area contributed by atoms with Gasteiger partial charge in [-0.15, -0.1) is 0 Å². The zero-order chi connectivity index (χ0) is 13.1. The number of ether oxygens (including phenoxy) is 1. The number of fused-ring (bicyclic) bond motifs is 1. The van der Waals surface area contributed by atoms with Crippen molar-refractivity contribution in [3.8, 4) is 17.0 Å². The van der Waals surface area contributed by atoms with Crippen molar-refractivity contribution >= 4 is 0 Å². The number of rotatable bonds is 4. The highest BCUT2D eigenvalue weighted by atomic mass is 16.5. The molecule has 4 heteroatoms. The number of hydrogen-bond acceptors (Lipinski definition) is 4. The van der Waals surface area contributed by atoms with Gasteiger partial charge in [-0.05, 0) is 36.2 Å². The lowest BCUT2D eigenvalue weighted by Crippen LogP contribution is -1.98. The van der Waals surface area contributed by atoms with Crippen LogP contribution in [-0.2, 0) is 12.8 Å². The molecule has 0 aliphatic carbocycles. The summed E-state index contributed by atoms with van der Waals surface area (Å²) in [5.74, 6) is 1.77. The van der Waals surface area contributed by atoms with Crippen molar-refractivity contribution in [3.05, 3.63) is 41.9 Å². The number of nitrogens with zero attached hydrogens (tertiary/aromatic N) is 2. The summed E-state index contributed by atoms with van der Waals surface area (Å²) >= 11 is 0. The van der Waals surface area contributed by atoms with Crippen molar-refractivity contribution in [2.75, 3.05) is 13.2 Å². The van der Waals surface area contributed by atoms with E-state index in [1.54, 1.807) is 6.20 Å². The van der Waals surface area contributed by atoms with Crippen LogP contribution in [0.15, 0.2) is 30.5 Å². The summed E-state index contributed by atoms with van der Waals surface area (Å²) in [5.41, 5.74) is 3.27. The summed E-state index contributed by atoms with van der Waals surface area (Å²) in [5, 5.41) is 8.85. The van der Waals surface area contributed by atoms with Gasteiger partial charge in [-0.2, -0.15) is 0 Å². The average molecular weight is 256 g/mol.